The first-order valence-electron chi connectivity index (χ1n) is 8.81. The first-order valence-corrected chi connectivity index (χ1v) is 9.62. The van der Waals surface area contributed by atoms with E-state index in [2.05, 4.69) is 47.1 Å². The zero-order valence-electron chi connectivity index (χ0n) is 14.1. The molecule has 2 heterocycles. The van der Waals surface area contributed by atoms with Gasteiger partial charge in [0.05, 0.1) is 0 Å². The van der Waals surface area contributed by atoms with Gasteiger partial charge in [-0.3, -0.25) is 4.90 Å². The number of hydrogen-bond donors (Lipinski definition) is 0. The van der Waals surface area contributed by atoms with E-state index in [1.54, 1.807) is 0 Å². The number of likely N-dealkylation sites (tertiary alicyclic amines) is 1. The van der Waals surface area contributed by atoms with E-state index in [0.717, 1.165) is 12.5 Å². The summed E-state index contributed by atoms with van der Waals surface area (Å²) in [7, 11) is 0. The van der Waals surface area contributed by atoms with E-state index in [1.165, 1.54) is 65.5 Å². The van der Waals surface area contributed by atoms with Gasteiger partial charge in [-0.05, 0) is 63.7 Å². The number of aromatic nitrogens is 2. The normalized spacial score (nSPS) is 20.1. The molecule has 2 fully saturated rings. The Bertz CT molecular complexity index is 682. The van der Waals surface area contributed by atoms with Crippen LogP contribution in [0.25, 0.3) is 0 Å². The molecule has 0 bridgehead atoms. The average Bonchev–Trinajstić information content (AvgIpc) is 3.29. The fourth-order valence-electron chi connectivity index (χ4n) is 3.46. The van der Waals surface area contributed by atoms with Crippen LogP contribution in [0.5, 0.6) is 0 Å². The molecular formula is C19H25N3S. The van der Waals surface area contributed by atoms with E-state index in [9.17, 15) is 0 Å². The zero-order valence-corrected chi connectivity index (χ0v) is 14.9. The molecule has 0 N–H and O–H groups in total. The smallest absolute Gasteiger partial charge is 0.120 e. The molecule has 1 aromatic heterocycles. The minimum absolute atomic E-state index is 0.634. The topological polar surface area (TPSA) is 29.0 Å². The molecule has 1 aromatic carbocycles. The van der Waals surface area contributed by atoms with Crippen molar-refractivity contribution in [2.75, 3.05) is 13.1 Å². The fraction of sp³-hybridized carbons (Fsp3) is 0.579. The van der Waals surface area contributed by atoms with Gasteiger partial charge in [0, 0.05) is 18.4 Å². The lowest BCUT2D eigenvalue weighted by molar-refractivity contribution is 0.204. The molecular weight excluding hydrogens is 302 g/mol. The maximum Gasteiger partial charge on any atom is 0.120 e. The van der Waals surface area contributed by atoms with Gasteiger partial charge in [-0.2, -0.15) is 0 Å². The predicted octanol–water partition coefficient (Wildman–Crippen LogP) is 4.41. The molecule has 122 valence electrons. The Kier molecular flexibility index (Phi) is 4.20. The van der Waals surface area contributed by atoms with Gasteiger partial charge in [-0.15, -0.1) is 21.5 Å². The third kappa shape index (κ3) is 3.48. The van der Waals surface area contributed by atoms with Crippen molar-refractivity contribution in [3.63, 3.8) is 0 Å². The van der Waals surface area contributed by atoms with Crippen LogP contribution >= 0.6 is 11.3 Å². The SMILES string of the molecule is Cc1ccc(C)c(CN2CCC(c3nnc(C4CC4)s3)CC2)c1. The van der Waals surface area contributed by atoms with Crippen molar-refractivity contribution < 1.29 is 0 Å². The number of rotatable bonds is 4. The van der Waals surface area contributed by atoms with Gasteiger partial charge in [0.25, 0.3) is 0 Å². The number of piperidine rings is 1. The molecule has 1 saturated heterocycles. The third-order valence-electron chi connectivity index (χ3n) is 5.22. The van der Waals surface area contributed by atoms with Crippen LogP contribution in [0.3, 0.4) is 0 Å². The number of benzene rings is 1. The molecule has 0 unspecified atom stereocenters. The maximum absolute atomic E-state index is 4.49. The van der Waals surface area contributed by atoms with Crippen molar-refractivity contribution in [1.82, 2.24) is 15.1 Å². The van der Waals surface area contributed by atoms with Crippen LogP contribution in [0.15, 0.2) is 18.2 Å². The van der Waals surface area contributed by atoms with Gasteiger partial charge in [0.1, 0.15) is 10.0 Å². The standard InChI is InChI=1S/C19H25N3S/c1-13-3-4-14(2)17(11-13)12-22-9-7-16(8-10-22)19-21-20-18(23-19)15-5-6-15/h3-4,11,15-16H,5-10,12H2,1-2H3. The molecule has 4 heteroatoms. The van der Waals surface area contributed by atoms with Gasteiger partial charge >= 0.3 is 0 Å². The Morgan fingerprint density at radius 2 is 1.65 bits per heavy atom. The second kappa shape index (κ2) is 6.33. The number of aryl methyl sites for hydroxylation is 2. The Morgan fingerprint density at radius 3 is 2.30 bits per heavy atom. The van der Waals surface area contributed by atoms with Gasteiger partial charge in [-0.25, -0.2) is 0 Å². The van der Waals surface area contributed by atoms with Gasteiger partial charge in [0.15, 0.2) is 0 Å². The van der Waals surface area contributed by atoms with Gasteiger partial charge < -0.3 is 0 Å². The molecule has 3 nitrogen and oxygen atoms in total. The van der Waals surface area contributed by atoms with Crippen LogP contribution in [-0.4, -0.2) is 28.2 Å². The molecule has 1 aliphatic carbocycles. The van der Waals surface area contributed by atoms with E-state index >= 15 is 0 Å². The summed E-state index contributed by atoms with van der Waals surface area (Å²) in [5.41, 5.74) is 4.26. The quantitative estimate of drug-likeness (QED) is 0.833. The molecule has 4 rings (SSSR count). The molecule has 1 saturated carbocycles. The van der Waals surface area contributed by atoms with Gasteiger partial charge in [-0.1, -0.05) is 23.8 Å². The van der Waals surface area contributed by atoms with Crippen LogP contribution in [0.1, 0.15) is 64.2 Å². The van der Waals surface area contributed by atoms with E-state index in [0.29, 0.717) is 5.92 Å². The molecule has 23 heavy (non-hydrogen) atoms. The number of nitrogens with zero attached hydrogens (tertiary/aromatic N) is 3. The van der Waals surface area contributed by atoms with E-state index < -0.39 is 0 Å². The fourth-order valence-corrected chi connectivity index (χ4v) is 4.64. The van der Waals surface area contributed by atoms with Crippen molar-refractivity contribution in [3.8, 4) is 0 Å². The average molecular weight is 327 g/mol. The maximum atomic E-state index is 4.49. The third-order valence-corrected chi connectivity index (χ3v) is 6.47. The highest BCUT2D eigenvalue weighted by molar-refractivity contribution is 7.11. The summed E-state index contributed by atoms with van der Waals surface area (Å²) in [5.74, 6) is 1.38. The van der Waals surface area contributed by atoms with E-state index in [-0.39, 0.29) is 0 Å². The van der Waals surface area contributed by atoms with Crippen LogP contribution in [-0.2, 0) is 6.54 Å². The summed E-state index contributed by atoms with van der Waals surface area (Å²) in [5, 5.41) is 11.5. The largest absolute Gasteiger partial charge is 0.299 e. The Labute approximate surface area is 142 Å². The molecule has 0 spiro atoms. The van der Waals surface area contributed by atoms with E-state index in [4.69, 9.17) is 0 Å². The van der Waals surface area contributed by atoms with Crippen LogP contribution < -0.4 is 0 Å². The van der Waals surface area contributed by atoms with Crippen molar-refractivity contribution in [2.45, 2.75) is 57.9 Å². The minimum atomic E-state index is 0.634. The van der Waals surface area contributed by atoms with Crippen LogP contribution in [0.4, 0.5) is 0 Å². The highest BCUT2D eigenvalue weighted by Crippen LogP contribution is 2.43. The molecule has 1 aliphatic heterocycles. The summed E-state index contributed by atoms with van der Waals surface area (Å²) >= 11 is 1.88. The summed E-state index contributed by atoms with van der Waals surface area (Å²) in [6.07, 6.45) is 5.10. The zero-order chi connectivity index (χ0) is 15.8. The van der Waals surface area contributed by atoms with Crippen molar-refractivity contribution in [1.29, 1.82) is 0 Å². The predicted molar refractivity (Wildman–Crippen MR) is 95.1 cm³/mol. The second-order valence-electron chi connectivity index (χ2n) is 7.23. The van der Waals surface area contributed by atoms with E-state index in [1.807, 2.05) is 11.3 Å². The van der Waals surface area contributed by atoms with Crippen LogP contribution in [0.2, 0.25) is 0 Å². The minimum Gasteiger partial charge on any atom is -0.299 e. The highest BCUT2D eigenvalue weighted by Gasteiger charge is 2.30. The van der Waals surface area contributed by atoms with Gasteiger partial charge in [0.2, 0.25) is 0 Å². The lowest BCUT2D eigenvalue weighted by atomic mass is 9.96. The molecule has 0 radical (unpaired) electrons. The summed E-state index contributed by atoms with van der Waals surface area (Å²) < 4.78 is 0. The highest BCUT2D eigenvalue weighted by atomic mass is 32.1. The van der Waals surface area contributed by atoms with Crippen molar-refractivity contribution in [3.05, 3.63) is 44.9 Å². The Balaban J connectivity index is 1.35. The molecule has 0 amide bonds. The summed E-state index contributed by atoms with van der Waals surface area (Å²) in [4.78, 5) is 2.60. The lowest BCUT2D eigenvalue weighted by Crippen LogP contribution is -2.32. The van der Waals surface area contributed by atoms with Crippen molar-refractivity contribution in [2.24, 2.45) is 0 Å². The first-order chi connectivity index (χ1) is 11.2. The summed E-state index contributed by atoms with van der Waals surface area (Å²) in [6, 6.07) is 6.80. The first kappa shape index (κ1) is 15.3. The molecule has 2 aliphatic rings. The van der Waals surface area contributed by atoms with Crippen LogP contribution in [0, 0.1) is 13.8 Å². The Hall–Kier alpha value is -1.26. The summed E-state index contributed by atoms with van der Waals surface area (Å²) in [6.45, 7) is 7.85. The molecule has 2 aromatic rings. The monoisotopic (exact) mass is 327 g/mol. The van der Waals surface area contributed by atoms with Crippen molar-refractivity contribution >= 4 is 11.3 Å². The Morgan fingerprint density at radius 1 is 1.00 bits per heavy atom. The lowest BCUT2D eigenvalue weighted by Gasteiger charge is -2.31. The second-order valence-corrected chi connectivity index (χ2v) is 8.27. The molecule has 0 atom stereocenters. The number of hydrogen-bond acceptors (Lipinski definition) is 4.